The molecule has 2 rings (SSSR count). The zero-order valence-electron chi connectivity index (χ0n) is 10.5. The third kappa shape index (κ3) is 2.93. The van der Waals surface area contributed by atoms with Crippen LogP contribution in [0.1, 0.15) is 12.5 Å². The third-order valence-corrected chi connectivity index (χ3v) is 3.89. The van der Waals surface area contributed by atoms with Crippen LogP contribution in [-0.4, -0.2) is 6.54 Å². The summed E-state index contributed by atoms with van der Waals surface area (Å²) >= 11 is 9.65. The average molecular weight is 343 g/mol. The van der Waals surface area contributed by atoms with Crippen LogP contribution in [0.4, 0.5) is 15.8 Å². The van der Waals surface area contributed by atoms with E-state index < -0.39 is 0 Å². The van der Waals surface area contributed by atoms with Crippen LogP contribution in [0.2, 0.25) is 5.02 Å². The monoisotopic (exact) mass is 341 g/mol. The molecule has 0 saturated heterocycles. The summed E-state index contributed by atoms with van der Waals surface area (Å²) in [6.07, 6.45) is 0. The lowest BCUT2D eigenvalue weighted by atomic mass is 10.1. The molecule has 0 atom stereocenters. The fourth-order valence-electron chi connectivity index (χ4n) is 2.07. The molecule has 0 aliphatic carbocycles. The number of alkyl halides is 1. The van der Waals surface area contributed by atoms with E-state index in [9.17, 15) is 4.39 Å². The molecule has 2 aromatic carbocycles. The van der Waals surface area contributed by atoms with Crippen LogP contribution in [-0.2, 0) is 5.33 Å². The summed E-state index contributed by atoms with van der Waals surface area (Å²) < 4.78 is 14.0. The second kappa shape index (κ2) is 6.40. The van der Waals surface area contributed by atoms with Crippen LogP contribution in [0.3, 0.4) is 0 Å². The molecule has 0 spiro atoms. The van der Waals surface area contributed by atoms with Gasteiger partial charge in [-0.05, 0) is 31.2 Å². The van der Waals surface area contributed by atoms with E-state index in [1.54, 1.807) is 12.1 Å². The second-order valence-electron chi connectivity index (χ2n) is 4.07. The van der Waals surface area contributed by atoms with Crippen LogP contribution in [0.15, 0.2) is 42.5 Å². The van der Waals surface area contributed by atoms with Crippen molar-refractivity contribution in [3.05, 3.63) is 58.9 Å². The van der Waals surface area contributed by atoms with E-state index in [4.69, 9.17) is 11.6 Å². The maximum Gasteiger partial charge on any atom is 0.146 e. The zero-order valence-corrected chi connectivity index (χ0v) is 12.9. The van der Waals surface area contributed by atoms with Gasteiger partial charge in [-0.3, -0.25) is 0 Å². The Bertz CT molecular complexity index is 574. The topological polar surface area (TPSA) is 3.24 Å². The van der Waals surface area contributed by atoms with Gasteiger partial charge >= 0.3 is 0 Å². The molecular weight excluding hydrogens is 329 g/mol. The summed E-state index contributed by atoms with van der Waals surface area (Å²) in [4.78, 5) is 1.93. The van der Waals surface area contributed by atoms with Crippen LogP contribution in [0.25, 0.3) is 0 Å². The molecule has 0 N–H and O–H groups in total. The molecule has 2 aromatic rings. The van der Waals surface area contributed by atoms with Crippen molar-refractivity contribution in [2.24, 2.45) is 0 Å². The van der Waals surface area contributed by atoms with Gasteiger partial charge in [0.1, 0.15) is 5.82 Å². The van der Waals surface area contributed by atoms with Gasteiger partial charge in [-0.2, -0.15) is 0 Å². The molecule has 0 aliphatic heterocycles. The normalized spacial score (nSPS) is 10.5. The van der Waals surface area contributed by atoms with Crippen molar-refractivity contribution in [2.45, 2.75) is 12.3 Å². The van der Waals surface area contributed by atoms with Crippen molar-refractivity contribution in [3.63, 3.8) is 0 Å². The fourth-order valence-corrected chi connectivity index (χ4v) is 3.06. The largest absolute Gasteiger partial charge is 0.339 e. The number of hydrogen-bond acceptors (Lipinski definition) is 1. The quantitative estimate of drug-likeness (QED) is 0.660. The zero-order chi connectivity index (χ0) is 13.8. The van der Waals surface area contributed by atoms with Crippen molar-refractivity contribution in [2.75, 3.05) is 11.4 Å². The summed E-state index contributed by atoms with van der Waals surface area (Å²) in [6.45, 7) is 2.66. The van der Waals surface area contributed by atoms with Crippen LogP contribution in [0, 0.1) is 5.82 Å². The molecule has 1 nitrogen and oxygen atoms in total. The van der Waals surface area contributed by atoms with Gasteiger partial charge in [-0.1, -0.05) is 45.7 Å². The van der Waals surface area contributed by atoms with Gasteiger partial charge in [0, 0.05) is 28.1 Å². The van der Waals surface area contributed by atoms with Crippen LogP contribution < -0.4 is 4.90 Å². The molecule has 0 bridgehead atoms. The first-order valence-electron chi connectivity index (χ1n) is 6.04. The van der Waals surface area contributed by atoms with Crippen molar-refractivity contribution < 1.29 is 4.39 Å². The number of hydrogen-bond donors (Lipinski definition) is 0. The molecule has 0 aliphatic rings. The second-order valence-corrected chi connectivity index (χ2v) is 5.03. The van der Waals surface area contributed by atoms with Gasteiger partial charge in [0.2, 0.25) is 0 Å². The smallest absolute Gasteiger partial charge is 0.146 e. The number of benzene rings is 2. The Morgan fingerprint density at radius 2 is 1.79 bits per heavy atom. The molecule has 0 fully saturated rings. The van der Waals surface area contributed by atoms with Gasteiger partial charge < -0.3 is 4.90 Å². The fraction of sp³-hybridized carbons (Fsp3) is 0.200. The lowest BCUT2D eigenvalue weighted by Crippen LogP contribution is -2.18. The average Bonchev–Trinajstić information content (AvgIpc) is 2.42. The standard InChI is InChI=1S/C15H14BrClFN/c1-2-19(15-8-4-3-7-13(15)18)14-9-5-6-12(17)11(14)10-16/h3-9H,2,10H2,1H3. The highest BCUT2D eigenvalue weighted by Crippen LogP contribution is 2.34. The number of halogens is 3. The highest BCUT2D eigenvalue weighted by atomic mass is 79.9. The minimum Gasteiger partial charge on any atom is -0.339 e. The molecule has 4 heteroatoms. The maximum atomic E-state index is 14.0. The van der Waals surface area contributed by atoms with E-state index in [1.165, 1.54) is 6.07 Å². The summed E-state index contributed by atoms with van der Waals surface area (Å²) in [5.41, 5.74) is 2.46. The Morgan fingerprint density at radius 1 is 1.11 bits per heavy atom. The van der Waals surface area contributed by atoms with Gasteiger partial charge in [0.25, 0.3) is 0 Å². The highest BCUT2D eigenvalue weighted by Gasteiger charge is 2.16. The van der Waals surface area contributed by atoms with Crippen LogP contribution in [0.5, 0.6) is 0 Å². The van der Waals surface area contributed by atoms with Gasteiger partial charge in [0.15, 0.2) is 0 Å². The van der Waals surface area contributed by atoms with E-state index >= 15 is 0 Å². The Morgan fingerprint density at radius 3 is 2.42 bits per heavy atom. The van der Waals surface area contributed by atoms with Crippen molar-refractivity contribution in [1.82, 2.24) is 0 Å². The minimum atomic E-state index is -0.232. The Labute approximate surface area is 126 Å². The number of anilines is 2. The SMILES string of the molecule is CCN(c1ccccc1F)c1cccc(Cl)c1CBr. The molecule has 0 heterocycles. The lowest BCUT2D eigenvalue weighted by molar-refractivity contribution is 0.625. The molecule has 0 saturated carbocycles. The Hall–Kier alpha value is -1.06. The number of rotatable bonds is 4. The van der Waals surface area contributed by atoms with Crippen molar-refractivity contribution in [3.8, 4) is 0 Å². The molecular formula is C15H14BrClFN. The first-order valence-corrected chi connectivity index (χ1v) is 7.54. The van der Waals surface area contributed by atoms with Crippen molar-refractivity contribution >= 4 is 38.9 Å². The van der Waals surface area contributed by atoms with E-state index in [1.807, 2.05) is 36.1 Å². The van der Waals surface area contributed by atoms with Gasteiger partial charge in [0.05, 0.1) is 5.69 Å². The van der Waals surface area contributed by atoms with E-state index in [0.29, 0.717) is 22.6 Å². The maximum absolute atomic E-state index is 14.0. The Balaban J connectivity index is 2.55. The first kappa shape index (κ1) is 14.4. The number of nitrogens with zero attached hydrogens (tertiary/aromatic N) is 1. The summed E-state index contributed by atoms with van der Waals surface area (Å²) in [5, 5.41) is 1.32. The lowest BCUT2D eigenvalue weighted by Gasteiger charge is -2.26. The highest BCUT2D eigenvalue weighted by molar-refractivity contribution is 9.08. The molecule has 19 heavy (non-hydrogen) atoms. The summed E-state index contributed by atoms with van der Waals surface area (Å²) in [5.74, 6) is -0.232. The third-order valence-electron chi connectivity index (χ3n) is 2.98. The predicted octanol–water partition coefficient (Wildman–Crippen LogP) is 5.53. The van der Waals surface area contributed by atoms with Gasteiger partial charge in [-0.25, -0.2) is 4.39 Å². The molecule has 0 amide bonds. The molecule has 100 valence electrons. The first-order chi connectivity index (χ1) is 9.19. The minimum absolute atomic E-state index is 0.232. The summed E-state index contributed by atoms with van der Waals surface area (Å²) in [7, 11) is 0. The molecule has 0 unspecified atom stereocenters. The van der Waals surface area contributed by atoms with Crippen LogP contribution >= 0.6 is 27.5 Å². The molecule has 0 radical (unpaired) electrons. The van der Waals surface area contributed by atoms with Gasteiger partial charge in [-0.15, -0.1) is 0 Å². The van der Waals surface area contributed by atoms with E-state index in [-0.39, 0.29) is 5.82 Å². The Kier molecular flexibility index (Phi) is 4.83. The number of para-hydroxylation sites is 1. The molecule has 0 aromatic heterocycles. The van der Waals surface area contributed by atoms with Crippen molar-refractivity contribution in [1.29, 1.82) is 0 Å². The van der Waals surface area contributed by atoms with E-state index in [0.717, 1.165) is 11.3 Å². The van der Waals surface area contributed by atoms with E-state index in [2.05, 4.69) is 15.9 Å². The predicted molar refractivity (Wildman–Crippen MR) is 83.2 cm³/mol. The summed E-state index contributed by atoms with van der Waals surface area (Å²) in [6, 6.07) is 12.5.